The topological polar surface area (TPSA) is 40.8 Å². The van der Waals surface area contributed by atoms with E-state index >= 15 is 0 Å². The van der Waals surface area contributed by atoms with Gasteiger partial charge in [-0.3, -0.25) is 4.99 Å². The fourth-order valence-electron chi connectivity index (χ4n) is 1.78. The van der Waals surface area contributed by atoms with E-state index in [0.717, 1.165) is 50.6 Å². The lowest BCUT2D eigenvalue weighted by molar-refractivity contribution is 0.468. The van der Waals surface area contributed by atoms with Crippen molar-refractivity contribution in [2.24, 2.45) is 4.99 Å². The molecule has 0 fully saturated rings. The lowest BCUT2D eigenvalue weighted by Crippen LogP contribution is -2.39. The van der Waals surface area contributed by atoms with Gasteiger partial charge in [0.1, 0.15) is 5.76 Å². The molecular formula is C15H26IN3O. The molecule has 0 aliphatic rings. The summed E-state index contributed by atoms with van der Waals surface area (Å²) in [5.41, 5.74) is 0. The second-order valence-corrected chi connectivity index (χ2v) is 4.42. The zero-order valence-corrected chi connectivity index (χ0v) is 14.8. The molecule has 0 unspecified atom stereocenters. The van der Waals surface area contributed by atoms with E-state index in [9.17, 15) is 0 Å². The van der Waals surface area contributed by atoms with Crippen LogP contribution in [0.15, 0.2) is 40.5 Å². The average molecular weight is 391 g/mol. The Hall–Kier alpha value is -0.980. The molecule has 0 aliphatic carbocycles. The summed E-state index contributed by atoms with van der Waals surface area (Å²) in [5, 5.41) is 3.31. The number of nitrogens with one attached hydrogen (secondary N) is 1. The number of rotatable bonds is 8. The molecule has 20 heavy (non-hydrogen) atoms. The van der Waals surface area contributed by atoms with Crippen LogP contribution in [0.4, 0.5) is 0 Å². The maximum atomic E-state index is 5.30. The van der Waals surface area contributed by atoms with Crippen LogP contribution in [-0.4, -0.2) is 37.5 Å². The van der Waals surface area contributed by atoms with Crippen molar-refractivity contribution in [2.45, 2.75) is 26.2 Å². The summed E-state index contributed by atoms with van der Waals surface area (Å²) in [7, 11) is 2.07. The van der Waals surface area contributed by atoms with Crippen molar-refractivity contribution < 1.29 is 4.42 Å². The molecule has 0 saturated carbocycles. The fourth-order valence-corrected chi connectivity index (χ4v) is 1.78. The van der Waals surface area contributed by atoms with Gasteiger partial charge in [-0.15, -0.1) is 30.6 Å². The maximum Gasteiger partial charge on any atom is 0.193 e. The minimum absolute atomic E-state index is 0. The summed E-state index contributed by atoms with van der Waals surface area (Å²) < 4.78 is 5.30. The summed E-state index contributed by atoms with van der Waals surface area (Å²) in [6, 6.07) is 3.89. The summed E-state index contributed by atoms with van der Waals surface area (Å²) in [5.74, 6) is 1.94. The molecule has 1 rings (SSSR count). The second-order valence-electron chi connectivity index (χ2n) is 4.42. The first kappa shape index (κ1) is 19.0. The third kappa shape index (κ3) is 7.57. The Morgan fingerprint density at radius 2 is 2.35 bits per heavy atom. The molecule has 1 aromatic heterocycles. The van der Waals surface area contributed by atoms with Crippen LogP contribution in [0.25, 0.3) is 0 Å². The minimum atomic E-state index is 0. The number of hydrogen-bond donors (Lipinski definition) is 1. The Kier molecular flexibility index (Phi) is 11.2. The van der Waals surface area contributed by atoms with E-state index < -0.39 is 0 Å². The molecule has 1 heterocycles. The van der Waals surface area contributed by atoms with E-state index in [4.69, 9.17) is 4.42 Å². The van der Waals surface area contributed by atoms with Gasteiger partial charge in [-0.05, 0) is 31.9 Å². The van der Waals surface area contributed by atoms with Gasteiger partial charge >= 0.3 is 0 Å². The molecule has 0 bridgehead atoms. The van der Waals surface area contributed by atoms with E-state index in [1.165, 1.54) is 0 Å². The number of halogens is 1. The van der Waals surface area contributed by atoms with Crippen LogP contribution in [0.5, 0.6) is 0 Å². The molecule has 0 spiro atoms. The highest BCUT2D eigenvalue weighted by molar-refractivity contribution is 14.0. The predicted molar refractivity (Wildman–Crippen MR) is 95.9 cm³/mol. The van der Waals surface area contributed by atoms with Crippen LogP contribution in [0.3, 0.4) is 0 Å². The summed E-state index contributed by atoms with van der Waals surface area (Å²) in [4.78, 5) is 6.77. The van der Waals surface area contributed by atoms with Crippen molar-refractivity contribution in [3.05, 3.63) is 36.8 Å². The Morgan fingerprint density at radius 1 is 1.55 bits per heavy atom. The largest absolute Gasteiger partial charge is 0.469 e. The first-order valence-electron chi connectivity index (χ1n) is 6.90. The van der Waals surface area contributed by atoms with Crippen LogP contribution >= 0.6 is 24.0 Å². The van der Waals surface area contributed by atoms with Crippen molar-refractivity contribution in [3.8, 4) is 0 Å². The number of aliphatic imine (C=N–C) groups is 1. The van der Waals surface area contributed by atoms with Gasteiger partial charge in [0.05, 0.1) is 6.26 Å². The van der Waals surface area contributed by atoms with E-state index in [2.05, 4.69) is 35.8 Å². The fraction of sp³-hybridized carbons (Fsp3) is 0.533. The monoisotopic (exact) mass is 391 g/mol. The number of allylic oxidation sites excluding steroid dienone is 1. The molecule has 4 nitrogen and oxygen atoms in total. The standard InChI is InChI=1S/C15H25N3O.HI/c1-4-6-7-12-18(3)15(16-5-2)17-11-10-14-9-8-13-19-14;/h4,8-9,13H,1,5-7,10-12H2,2-3H3,(H,16,17);1H. The Labute approximate surface area is 139 Å². The minimum Gasteiger partial charge on any atom is -0.469 e. The molecule has 0 aromatic carbocycles. The zero-order chi connectivity index (χ0) is 13.9. The van der Waals surface area contributed by atoms with Crippen LogP contribution < -0.4 is 5.32 Å². The molecule has 0 saturated heterocycles. The lowest BCUT2D eigenvalue weighted by atomic mass is 10.3. The SMILES string of the molecule is C=CCCCN(C)C(=NCCc1ccco1)NCC.I. The molecule has 1 aromatic rings. The zero-order valence-electron chi connectivity index (χ0n) is 12.5. The number of guanidine groups is 1. The van der Waals surface area contributed by atoms with Gasteiger partial charge in [-0.1, -0.05) is 6.08 Å². The first-order valence-corrected chi connectivity index (χ1v) is 6.90. The third-order valence-electron chi connectivity index (χ3n) is 2.80. The molecular weight excluding hydrogens is 365 g/mol. The number of furan rings is 1. The molecule has 0 aliphatic heterocycles. The normalized spacial score (nSPS) is 10.8. The molecule has 1 N–H and O–H groups in total. The number of unbranched alkanes of at least 4 members (excludes halogenated alkanes) is 1. The summed E-state index contributed by atoms with van der Waals surface area (Å²) >= 11 is 0. The van der Waals surface area contributed by atoms with Gasteiger partial charge in [0, 0.05) is 33.1 Å². The molecule has 114 valence electrons. The third-order valence-corrected chi connectivity index (χ3v) is 2.80. The van der Waals surface area contributed by atoms with Crippen LogP contribution in [0.1, 0.15) is 25.5 Å². The Morgan fingerprint density at radius 3 is 2.95 bits per heavy atom. The molecule has 0 radical (unpaired) electrons. The van der Waals surface area contributed by atoms with E-state index in [0.29, 0.717) is 0 Å². The number of nitrogens with zero attached hydrogens (tertiary/aromatic N) is 2. The average Bonchev–Trinajstić information content (AvgIpc) is 2.91. The highest BCUT2D eigenvalue weighted by Gasteiger charge is 2.04. The Balaban J connectivity index is 0.00000361. The van der Waals surface area contributed by atoms with Crippen LogP contribution in [0, 0.1) is 0 Å². The van der Waals surface area contributed by atoms with Crippen molar-refractivity contribution in [1.29, 1.82) is 0 Å². The lowest BCUT2D eigenvalue weighted by Gasteiger charge is -2.21. The predicted octanol–water partition coefficient (Wildman–Crippen LogP) is 3.30. The van der Waals surface area contributed by atoms with Gasteiger partial charge in [-0.25, -0.2) is 0 Å². The van der Waals surface area contributed by atoms with E-state index in [1.54, 1.807) is 6.26 Å². The van der Waals surface area contributed by atoms with Crippen molar-refractivity contribution in [3.63, 3.8) is 0 Å². The number of hydrogen-bond acceptors (Lipinski definition) is 2. The summed E-state index contributed by atoms with van der Waals surface area (Å²) in [6.07, 6.45) is 6.63. The molecule has 0 atom stereocenters. The van der Waals surface area contributed by atoms with Crippen molar-refractivity contribution >= 4 is 29.9 Å². The van der Waals surface area contributed by atoms with Gasteiger partial charge in [-0.2, -0.15) is 0 Å². The smallest absolute Gasteiger partial charge is 0.193 e. The highest BCUT2D eigenvalue weighted by atomic mass is 127. The van der Waals surface area contributed by atoms with Gasteiger partial charge < -0.3 is 14.6 Å². The second kappa shape index (κ2) is 11.8. The van der Waals surface area contributed by atoms with Gasteiger partial charge in [0.15, 0.2) is 5.96 Å². The van der Waals surface area contributed by atoms with Crippen LogP contribution in [-0.2, 0) is 6.42 Å². The first-order chi connectivity index (χ1) is 9.27. The maximum absolute atomic E-state index is 5.30. The summed E-state index contributed by atoms with van der Waals surface area (Å²) in [6.45, 7) is 8.43. The van der Waals surface area contributed by atoms with Gasteiger partial charge in [0.2, 0.25) is 0 Å². The molecule has 5 heteroatoms. The van der Waals surface area contributed by atoms with E-state index in [1.807, 2.05) is 18.2 Å². The highest BCUT2D eigenvalue weighted by Crippen LogP contribution is 2.01. The Bertz CT molecular complexity index is 376. The van der Waals surface area contributed by atoms with Crippen molar-refractivity contribution in [1.82, 2.24) is 10.2 Å². The quantitative estimate of drug-likeness (QED) is 0.243. The van der Waals surface area contributed by atoms with Gasteiger partial charge in [0.25, 0.3) is 0 Å². The van der Waals surface area contributed by atoms with Crippen molar-refractivity contribution in [2.75, 3.05) is 26.7 Å². The molecule has 0 amide bonds. The van der Waals surface area contributed by atoms with Crippen LogP contribution in [0.2, 0.25) is 0 Å². The van der Waals surface area contributed by atoms with E-state index in [-0.39, 0.29) is 24.0 Å².